The van der Waals surface area contributed by atoms with Crippen LogP contribution in [-0.2, 0) is 31.3 Å². The summed E-state index contributed by atoms with van der Waals surface area (Å²) in [6.07, 6.45) is 0. The van der Waals surface area contributed by atoms with E-state index < -0.39 is 26.0 Å². The molecule has 4 rings (SSSR count). The molecule has 40 heavy (non-hydrogen) atoms. The summed E-state index contributed by atoms with van der Waals surface area (Å²) in [7, 11) is -6.42. The van der Waals surface area contributed by atoms with Crippen LogP contribution in [0.25, 0.3) is 0 Å². The van der Waals surface area contributed by atoms with E-state index in [4.69, 9.17) is 9.47 Å². The minimum absolute atomic E-state index is 0.0298. The van der Waals surface area contributed by atoms with E-state index in [-0.39, 0.29) is 33.3 Å². The van der Waals surface area contributed by atoms with E-state index >= 15 is 0 Å². The number of hydrogen-bond acceptors (Lipinski definition) is 7. The number of aryl methyl sites for hydroxylation is 2. The van der Waals surface area contributed by atoms with Gasteiger partial charge in [-0.25, -0.2) is 26.4 Å². The number of benzene rings is 4. The molecule has 0 saturated heterocycles. The summed E-state index contributed by atoms with van der Waals surface area (Å²) in [5, 5.41) is 0. The molecule has 0 atom stereocenters. The van der Waals surface area contributed by atoms with Crippen LogP contribution in [0.1, 0.15) is 27.0 Å². The Hall–Kier alpha value is -4.19. The quantitative estimate of drug-likeness (QED) is 0.248. The lowest BCUT2D eigenvalue weighted by atomic mass is 10.1. The highest BCUT2D eigenvalue weighted by molar-refractivity contribution is 7.92. The summed E-state index contributed by atoms with van der Waals surface area (Å²) >= 11 is 0. The average Bonchev–Trinajstić information content (AvgIpc) is 2.93. The summed E-state index contributed by atoms with van der Waals surface area (Å²) in [4.78, 5) is 12.7. The summed E-state index contributed by atoms with van der Waals surface area (Å²) in [6.45, 7) is 3.81. The summed E-state index contributed by atoms with van der Waals surface area (Å²) < 4.78 is 66.5. The smallest absolute Gasteiger partial charge is 0.340 e. The first kappa shape index (κ1) is 28.8. The van der Waals surface area contributed by atoms with E-state index in [1.807, 2.05) is 13.8 Å². The second kappa shape index (κ2) is 11.9. The molecule has 0 bridgehead atoms. The lowest BCUT2D eigenvalue weighted by Crippen LogP contribution is -2.23. The van der Waals surface area contributed by atoms with Gasteiger partial charge in [0.15, 0.2) is 0 Å². The third-order valence-electron chi connectivity index (χ3n) is 5.93. The van der Waals surface area contributed by atoms with Crippen molar-refractivity contribution in [1.82, 2.24) is 4.72 Å². The molecule has 9 nitrogen and oxygen atoms in total. The van der Waals surface area contributed by atoms with Crippen LogP contribution >= 0.6 is 0 Å². The van der Waals surface area contributed by atoms with Gasteiger partial charge in [-0.3, -0.25) is 4.72 Å². The molecule has 0 saturated carbocycles. The van der Waals surface area contributed by atoms with Gasteiger partial charge in [0, 0.05) is 6.54 Å². The van der Waals surface area contributed by atoms with Crippen LogP contribution in [0.5, 0.6) is 11.5 Å². The minimum atomic E-state index is -3.95. The molecule has 2 N–H and O–H groups in total. The largest absolute Gasteiger partial charge is 0.465 e. The molecular formula is C29H28N2O7S2. The van der Waals surface area contributed by atoms with Crippen LogP contribution in [0.15, 0.2) is 101 Å². The topological polar surface area (TPSA) is 128 Å². The number of ether oxygens (including phenoxy) is 2. The maximum Gasteiger partial charge on any atom is 0.340 e. The minimum Gasteiger partial charge on any atom is -0.465 e. The van der Waals surface area contributed by atoms with Gasteiger partial charge >= 0.3 is 5.97 Å². The molecule has 0 amide bonds. The number of carbonyl (C=O) groups is 1. The number of anilines is 1. The molecule has 4 aromatic rings. The third kappa shape index (κ3) is 7.06. The van der Waals surface area contributed by atoms with E-state index in [1.165, 1.54) is 37.4 Å². The molecule has 0 spiro atoms. The van der Waals surface area contributed by atoms with Crippen molar-refractivity contribution in [3.05, 3.63) is 113 Å². The Labute approximate surface area is 233 Å². The highest BCUT2D eigenvalue weighted by Crippen LogP contribution is 2.29. The first-order valence-electron chi connectivity index (χ1n) is 12.1. The third-order valence-corrected chi connectivity index (χ3v) is 8.73. The molecule has 208 valence electrons. The number of methoxy groups -OCH3 is 1. The fourth-order valence-corrected chi connectivity index (χ4v) is 5.76. The van der Waals surface area contributed by atoms with Crippen LogP contribution in [0.2, 0.25) is 0 Å². The Bertz CT molecular complexity index is 1720. The SMILES string of the molecule is COC(=O)c1cc(Oc2ccc(CNS(=O)(=O)c3ccc(C)cc3)cc2)ccc1NS(=O)(=O)c1ccc(C)cc1. The molecule has 4 aromatic carbocycles. The number of esters is 1. The zero-order chi connectivity index (χ0) is 28.9. The van der Waals surface area contributed by atoms with Crippen molar-refractivity contribution in [2.24, 2.45) is 0 Å². The lowest BCUT2D eigenvalue weighted by molar-refractivity contribution is 0.0601. The maximum absolute atomic E-state index is 12.9. The summed E-state index contributed by atoms with van der Waals surface area (Å²) in [5.74, 6) is -0.0521. The van der Waals surface area contributed by atoms with Crippen molar-refractivity contribution in [3.63, 3.8) is 0 Å². The first-order valence-corrected chi connectivity index (χ1v) is 15.1. The van der Waals surface area contributed by atoms with Crippen molar-refractivity contribution in [3.8, 4) is 11.5 Å². The fourth-order valence-electron chi connectivity index (χ4n) is 3.67. The van der Waals surface area contributed by atoms with Gasteiger partial charge in [0.05, 0.1) is 28.2 Å². The molecule has 0 aliphatic rings. The zero-order valence-electron chi connectivity index (χ0n) is 22.0. The molecule has 0 fully saturated rings. The van der Waals surface area contributed by atoms with Gasteiger partial charge < -0.3 is 9.47 Å². The Morgan fingerprint density at radius 3 is 1.77 bits per heavy atom. The van der Waals surface area contributed by atoms with E-state index in [0.717, 1.165) is 11.1 Å². The predicted octanol–water partition coefficient (Wildman–Crippen LogP) is 5.16. The van der Waals surface area contributed by atoms with Gasteiger partial charge in [0.2, 0.25) is 10.0 Å². The molecule has 0 aliphatic heterocycles. The van der Waals surface area contributed by atoms with Crippen molar-refractivity contribution in [2.45, 2.75) is 30.2 Å². The highest BCUT2D eigenvalue weighted by Gasteiger charge is 2.20. The van der Waals surface area contributed by atoms with Crippen LogP contribution in [0, 0.1) is 13.8 Å². The Morgan fingerprint density at radius 2 is 1.23 bits per heavy atom. The summed E-state index contributed by atoms with van der Waals surface area (Å²) in [6, 6.07) is 23.9. The zero-order valence-corrected chi connectivity index (χ0v) is 23.7. The number of rotatable bonds is 10. The molecule has 0 unspecified atom stereocenters. The lowest BCUT2D eigenvalue weighted by Gasteiger charge is -2.14. The Morgan fingerprint density at radius 1 is 0.700 bits per heavy atom. The highest BCUT2D eigenvalue weighted by atomic mass is 32.2. The van der Waals surface area contributed by atoms with Crippen molar-refractivity contribution < 1.29 is 31.1 Å². The van der Waals surface area contributed by atoms with Crippen molar-refractivity contribution in [1.29, 1.82) is 0 Å². The van der Waals surface area contributed by atoms with Crippen molar-refractivity contribution in [2.75, 3.05) is 11.8 Å². The van der Waals surface area contributed by atoms with Gasteiger partial charge in [-0.15, -0.1) is 0 Å². The monoisotopic (exact) mass is 580 g/mol. The summed E-state index contributed by atoms with van der Waals surface area (Å²) in [5.41, 5.74) is 2.59. The molecule has 0 aromatic heterocycles. The van der Waals surface area contributed by atoms with Gasteiger partial charge in [0.1, 0.15) is 11.5 Å². The second-order valence-corrected chi connectivity index (χ2v) is 12.5. The molecule has 0 radical (unpaired) electrons. The van der Waals surface area contributed by atoms with Crippen LogP contribution in [-0.4, -0.2) is 29.9 Å². The normalized spacial score (nSPS) is 11.6. The number of nitrogens with one attached hydrogen (secondary N) is 2. The number of sulfonamides is 2. The van der Waals surface area contributed by atoms with Gasteiger partial charge in [-0.1, -0.05) is 47.5 Å². The van der Waals surface area contributed by atoms with Crippen LogP contribution in [0.3, 0.4) is 0 Å². The molecular weight excluding hydrogens is 552 g/mol. The fraction of sp³-hybridized carbons (Fsp3) is 0.138. The van der Waals surface area contributed by atoms with Gasteiger partial charge in [-0.2, -0.15) is 0 Å². The number of hydrogen-bond donors (Lipinski definition) is 2. The molecule has 0 heterocycles. The Balaban J connectivity index is 1.47. The van der Waals surface area contributed by atoms with Gasteiger partial charge in [0.25, 0.3) is 10.0 Å². The standard InChI is InChI=1S/C29H28N2O7S2/c1-20-4-13-25(14-5-20)39(33,34)30-19-22-8-10-23(11-9-22)38-24-12-17-28(27(18-24)29(32)37-3)31-40(35,36)26-15-6-21(2)7-16-26/h4-18,30-31H,19H2,1-3H3. The van der Waals surface area contributed by atoms with E-state index in [1.54, 1.807) is 60.7 Å². The molecule has 11 heteroatoms. The Kier molecular flexibility index (Phi) is 8.58. The molecule has 0 aliphatic carbocycles. The van der Waals surface area contributed by atoms with Crippen LogP contribution < -0.4 is 14.2 Å². The first-order chi connectivity index (χ1) is 19.0. The average molecular weight is 581 g/mol. The van der Waals surface area contributed by atoms with Gasteiger partial charge in [-0.05, 0) is 74.0 Å². The van der Waals surface area contributed by atoms with Crippen LogP contribution in [0.4, 0.5) is 5.69 Å². The van der Waals surface area contributed by atoms with E-state index in [2.05, 4.69) is 9.44 Å². The second-order valence-electron chi connectivity index (χ2n) is 9.00. The van der Waals surface area contributed by atoms with E-state index in [9.17, 15) is 21.6 Å². The maximum atomic E-state index is 12.9. The van der Waals surface area contributed by atoms with Crippen molar-refractivity contribution >= 4 is 31.7 Å². The predicted molar refractivity (Wildman–Crippen MR) is 151 cm³/mol. The number of carbonyl (C=O) groups excluding carboxylic acids is 1. The van der Waals surface area contributed by atoms with E-state index in [0.29, 0.717) is 11.3 Å².